The highest BCUT2D eigenvalue weighted by Crippen LogP contribution is 2.19. The van der Waals surface area contributed by atoms with E-state index in [9.17, 15) is 9.59 Å². The molecule has 0 aromatic heterocycles. The molecule has 0 unspecified atom stereocenters. The van der Waals surface area contributed by atoms with Crippen molar-refractivity contribution in [3.63, 3.8) is 0 Å². The summed E-state index contributed by atoms with van der Waals surface area (Å²) in [5.74, 6) is 0.0899. The zero-order valence-corrected chi connectivity index (χ0v) is 16.9. The third kappa shape index (κ3) is 7.06. The molecule has 0 saturated carbocycles. The first-order chi connectivity index (χ1) is 12.3. The second-order valence-electron chi connectivity index (χ2n) is 7.56. The fourth-order valence-electron chi connectivity index (χ4n) is 2.77. The highest BCUT2D eigenvalue weighted by molar-refractivity contribution is 5.98. The number of hydrogen-bond donors (Lipinski definition) is 1. The van der Waals surface area contributed by atoms with Crippen molar-refractivity contribution in [2.45, 2.75) is 78.2 Å². The predicted molar refractivity (Wildman–Crippen MR) is 105 cm³/mol. The van der Waals surface area contributed by atoms with Gasteiger partial charge in [-0.2, -0.15) is 0 Å². The third-order valence-electron chi connectivity index (χ3n) is 4.23. The van der Waals surface area contributed by atoms with Gasteiger partial charge in [0, 0.05) is 6.42 Å². The maximum atomic E-state index is 12.7. The van der Waals surface area contributed by atoms with Crippen LogP contribution in [0.25, 0.3) is 0 Å². The Morgan fingerprint density at radius 1 is 1.04 bits per heavy atom. The van der Waals surface area contributed by atoms with E-state index in [1.165, 1.54) is 31.4 Å². The number of methoxy groups -OCH3 is 1. The van der Waals surface area contributed by atoms with Crippen LogP contribution in [0.5, 0.6) is 5.75 Å². The average molecular weight is 363 g/mol. The lowest BCUT2D eigenvalue weighted by Gasteiger charge is -2.35. The van der Waals surface area contributed by atoms with E-state index in [1.807, 2.05) is 20.8 Å². The largest absolute Gasteiger partial charge is 0.496 e. The number of benzene rings is 1. The topological polar surface area (TPSA) is 58.6 Å². The minimum atomic E-state index is -0.503. The van der Waals surface area contributed by atoms with Crippen LogP contribution in [0.2, 0.25) is 0 Å². The van der Waals surface area contributed by atoms with E-state index < -0.39 is 5.54 Å². The Kier molecular flexibility index (Phi) is 9.17. The standard InChI is InChI=1S/C21H34N2O3/c1-6-7-8-9-10-11-16-19(24)23(21(2,3)4)22-20(25)17-14-12-13-15-18(17)26-5/h12-15H,6-11,16H2,1-5H3,(H,22,25). The molecule has 0 spiro atoms. The van der Waals surface area contributed by atoms with Crippen LogP contribution in [0, 0.1) is 0 Å². The molecule has 0 saturated heterocycles. The number of hydrogen-bond acceptors (Lipinski definition) is 3. The minimum absolute atomic E-state index is 0.0590. The SMILES string of the molecule is CCCCCCCCC(=O)N(NC(=O)c1ccccc1OC)C(C)(C)C. The number of carbonyl (C=O) groups is 2. The number of rotatable bonds is 9. The number of hydrazine groups is 1. The molecule has 0 atom stereocenters. The monoisotopic (exact) mass is 362 g/mol. The van der Waals surface area contributed by atoms with Crippen molar-refractivity contribution in [2.75, 3.05) is 7.11 Å². The zero-order chi connectivity index (χ0) is 19.6. The van der Waals surface area contributed by atoms with Gasteiger partial charge in [-0.3, -0.25) is 15.0 Å². The number of nitrogens with zero attached hydrogens (tertiary/aromatic N) is 1. The summed E-state index contributed by atoms with van der Waals surface area (Å²) in [6.45, 7) is 7.92. The number of unbranched alkanes of at least 4 members (excludes halogenated alkanes) is 5. The average Bonchev–Trinajstić information content (AvgIpc) is 2.61. The molecule has 0 aliphatic carbocycles. The molecule has 0 fully saturated rings. The van der Waals surface area contributed by atoms with E-state index in [0.717, 1.165) is 19.3 Å². The van der Waals surface area contributed by atoms with Gasteiger partial charge in [0.1, 0.15) is 5.75 Å². The van der Waals surface area contributed by atoms with Crippen LogP contribution in [0.1, 0.15) is 83.0 Å². The highest BCUT2D eigenvalue weighted by atomic mass is 16.5. The second kappa shape index (κ2) is 10.8. The summed E-state index contributed by atoms with van der Waals surface area (Å²) in [5.41, 5.74) is 2.68. The molecule has 1 aromatic carbocycles. The van der Waals surface area contributed by atoms with Crippen molar-refractivity contribution < 1.29 is 14.3 Å². The van der Waals surface area contributed by atoms with Gasteiger partial charge in [-0.1, -0.05) is 51.2 Å². The van der Waals surface area contributed by atoms with Gasteiger partial charge >= 0.3 is 0 Å². The Bertz CT molecular complexity index is 579. The van der Waals surface area contributed by atoms with Crippen LogP contribution in [-0.4, -0.2) is 29.5 Å². The van der Waals surface area contributed by atoms with Gasteiger partial charge in [0.25, 0.3) is 5.91 Å². The Morgan fingerprint density at radius 3 is 2.27 bits per heavy atom. The third-order valence-corrected chi connectivity index (χ3v) is 4.23. The van der Waals surface area contributed by atoms with Crippen LogP contribution < -0.4 is 10.2 Å². The number of amides is 2. The van der Waals surface area contributed by atoms with E-state index >= 15 is 0 Å². The van der Waals surface area contributed by atoms with Gasteiger partial charge in [0.05, 0.1) is 18.2 Å². The molecular formula is C21H34N2O3. The fourth-order valence-corrected chi connectivity index (χ4v) is 2.77. The van der Waals surface area contributed by atoms with Gasteiger partial charge < -0.3 is 4.74 Å². The normalized spacial score (nSPS) is 11.1. The molecule has 0 bridgehead atoms. The van der Waals surface area contributed by atoms with Crippen molar-refractivity contribution in [1.82, 2.24) is 10.4 Å². The first-order valence-electron chi connectivity index (χ1n) is 9.58. The van der Waals surface area contributed by atoms with E-state index in [4.69, 9.17) is 4.74 Å². The maximum absolute atomic E-state index is 12.7. The lowest BCUT2D eigenvalue weighted by Crippen LogP contribution is -2.55. The summed E-state index contributed by atoms with van der Waals surface area (Å²) in [5, 5.41) is 1.45. The molecule has 26 heavy (non-hydrogen) atoms. The Labute approximate surface area is 158 Å². The summed E-state index contributed by atoms with van der Waals surface area (Å²) in [7, 11) is 1.53. The highest BCUT2D eigenvalue weighted by Gasteiger charge is 2.28. The zero-order valence-electron chi connectivity index (χ0n) is 16.9. The predicted octanol–water partition coefficient (Wildman–Crippen LogP) is 4.72. The molecular weight excluding hydrogens is 328 g/mol. The Hall–Kier alpha value is -2.04. The number of ether oxygens (including phenoxy) is 1. The van der Waals surface area contributed by atoms with Crippen LogP contribution in [0.15, 0.2) is 24.3 Å². The fraction of sp³-hybridized carbons (Fsp3) is 0.619. The molecule has 146 valence electrons. The number of nitrogens with one attached hydrogen (secondary N) is 1. The van der Waals surface area contributed by atoms with Crippen molar-refractivity contribution in [1.29, 1.82) is 0 Å². The molecule has 1 aromatic rings. The van der Waals surface area contributed by atoms with Gasteiger partial charge in [-0.15, -0.1) is 0 Å². The van der Waals surface area contributed by atoms with Crippen LogP contribution in [0.3, 0.4) is 0 Å². The summed E-state index contributed by atoms with van der Waals surface area (Å²) in [6.07, 6.45) is 7.17. The molecule has 1 rings (SSSR count). The Morgan fingerprint density at radius 2 is 1.65 bits per heavy atom. The van der Waals surface area contributed by atoms with Crippen LogP contribution >= 0.6 is 0 Å². The Balaban J connectivity index is 2.69. The molecule has 0 heterocycles. The van der Waals surface area contributed by atoms with Gasteiger partial charge in [0.15, 0.2) is 0 Å². The van der Waals surface area contributed by atoms with E-state index in [0.29, 0.717) is 17.7 Å². The van der Waals surface area contributed by atoms with Crippen molar-refractivity contribution in [3.05, 3.63) is 29.8 Å². The summed E-state index contributed by atoms with van der Waals surface area (Å²) >= 11 is 0. The number of carbonyl (C=O) groups excluding carboxylic acids is 2. The lowest BCUT2D eigenvalue weighted by molar-refractivity contribution is -0.139. The molecule has 0 aliphatic heterocycles. The van der Waals surface area contributed by atoms with Crippen molar-refractivity contribution >= 4 is 11.8 Å². The van der Waals surface area contributed by atoms with Gasteiger partial charge in [0.2, 0.25) is 5.91 Å². The van der Waals surface area contributed by atoms with E-state index in [1.54, 1.807) is 24.3 Å². The van der Waals surface area contributed by atoms with E-state index in [2.05, 4.69) is 12.3 Å². The smallest absolute Gasteiger partial charge is 0.273 e. The minimum Gasteiger partial charge on any atom is -0.496 e. The summed E-state index contributed by atoms with van der Waals surface area (Å²) < 4.78 is 5.24. The quantitative estimate of drug-likeness (QED) is 0.511. The molecule has 5 nitrogen and oxygen atoms in total. The molecule has 0 aliphatic rings. The molecule has 5 heteroatoms. The van der Waals surface area contributed by atoms with Crippen LogP contribution in [0.4, 0.5) is 0 Å². The van der Waals surface area contributed by atoms with E-state index in [-0.39, 0.29) is 11.8 Å². The summed E-state index contributed by atoms with van der Waals surface area (Å²) in [4.78, 5) is 25.3. The van der Waals surface area contributed by atoms with Crippen molar-refractivity contribution in [2.24, 2.45) is 0 Å². The van der Waals surface area contributed by atoms with Gasteiger partial charge in [-0.25, -0.2) is 5.01 Å². The van der Waals surface area contributed by atoms with Gasteiger partial charge in [-0.05, 0) is 39.3 Å². The molecule has 0 radical (unpaired) electrons. The molecule has 2 amide bonds. The first kappa shape index (κ1) is 22.0. The van der Waals surface area contributed by atoms with Crippen LogP contribution in [-0.2, 0) is 4.79 Å². The summed E-state index contributed by atoms with van der Waals surface area (Å²) in [6, 6.07) is 7.00. The van der Waals surface area contributed by atoms with Crippen molar-refractivity contribution in [3.8, 4) is 5.75 Å². The first-order valence-corrected chi connectivity index (χ1v) is 9.58. The second-order valence-corrected chi connectivity index (χ2v) is 7.56. The lowest BCUT2D eigenvalue weighted by atomic mass is 10.1. The number of para-hydroxylation sites is 1. The maximum Gasteiger partial charge on any atom is 0.273 e. The molecule has 1 N–H and O–H groups in total.